The van der Waals surface area contributed by atoms with Crippen LogP contribution in [0.15, 0.2) is 205 Å². The van der Waals surface area contributed by atoms with Crippen LogP contribution in [0.25, 0.3) is 86.3 Å². The standard InChI is InChI=1S/C52H33NOS/c1-2-12-36-31-38(24-23-34(36)11-1)37-13-9-14-41(32-37)53(40-28-25-35(26-29-40)39-27-30-50-47(33-39)43-16-4-7-21-49(43)54-50)48-20-6-3-15-42(48)45-18-10-19-46-44-17-5-8-22-51(44)55-52(45)46/h1-33H. The zero-order valence-corrected chi connectivity index (χ0v) is 30.6. The van der Waals surface area contributed by atoms with E-state index in [1.54, 1.807) is 0 Å². The van der Waals surface area contributed by atoms with Gasteiger partial charge in [-0.2, -0.15) is 0 Å². The van der Waals surface area contributed by atoms with Crippen LogP contribution < -0.4 is 4.90 Å². The monoisotopic (exact) mass is 719 g/mol. The fourth-order valence-corrected chi connectivity index (χ4v) is 9.42. The Balaban J connectivity index is 1.08. The normalized spacial score (nSPS) is 11.6. The molecule has 55 heavy (non-hydrogen) atoms. The Bertz CT molecular complexity index is 3220. The Morgan fingerprint density at radius 2 is 1.02 bits per heavy atom. The van der Waals surface area contributed by atoms with Crippen LogP contribution in [0.1, 0.15) is 0 Å². The van der Waals surface area contributed by atoms with Crippen molar-refractivity contribution in [3.8, 4) is 33.4 Å². The van der Waals surface area contributed by atoms with Crippen molar-refractivity contribution >= 4 is 81.3 Å². The number of nitrogens with zero attached hydrogens (tertiary/aromatic N) is 1. The number of anilines is 3. The number of fused-ring (bicyclic) bond motifs is 7. The second-order valence-electron chi connectivity index (χ2n) is 14.1. The lowest BCUT2D eigenvalue weighted by Crippen LogP contribution is -2.11. The molecule has 0 atom stereocenters. The molecule has 258 valence electrons. The van der Waals surface area contributed by atoms with E-state index in [9.17, 15) is 0 Å². The van der Waals surface area contributed by atoms with Crippen LogP contribution >= 0.6 is 11.3 Å². The molecule has 0 bridgehead atoms. The fourth-order valence-electron chi connectivity index (χ4n) is 8.18. The van der Waals surface area contributed by atoms with Gasteiger partial charge in [0.1, 0.15) is 11.2 Å². The molecule has 0 aliphatic heterocycles. The Kier molecular flexibility index (Phi) is 7.39. The minimum atomic E-state index is 0.907. The lowest BCUT2D eigenvalue weighted by Gasteiger charge is -2.28. The maximum atomic E-state index is 6.14. The number of rotatable bonds is 6. The highest BCUT2D eigenvalue weighted by molar-refractivity contribution is 7.26. The maximum Gasteiger partial charge on any atom is 0.135 e. The van der Waals surface area contributed by atoms with Crippen molar-refractivity contribution in [2.45, 2.75) is 0 Å². The second-order valence-corrected chi connectivity index (χ2v) is 15.2. The van der Waals surface area contributed by atoms with Crippen molar-refractivity contribution in [1.29, 1.82) is 0 Å². The first-order valence-electron chi connectivity index (χ1n) is 18.7. The van der Waals surface area contributed by atoms with Crippen molar-refractivity contribution in [3.05, 3.63) is 200 Å². The molecular formula is C52H33NOS. The van der Waals surface area contributed by atoms with Gasteiger partial charge in [0.25, 0.3) is 0 Å². The van der Waals surface area contributed by atoms with Crippen LogP contribution in [0.2, 0.25) is 0 Å². The van der Waals surface area contributed by atoms with Gasteiger partial charge < -0.3 is 9.32 Å². The summed E-state index contributed by atoms with van der Waals surface area (Å²) in [5.74, 6) is 0. The van der Waals surface area contributed by atoms with E-state index >= 15 is 0 Å². The molecule has 0 unspecified atom stereocenters. The largest absolute Gasteiger partial charge is 0.456 e. The molecule has 9 aromatic carbocycles. The Labute approximate surface area is 322 Å². The maximum absolute atomic E-state index is 6.14. The summed E-state index contributed by atoms with van der Waals surface area (Å²) in [6.07, 6.45) is 0. The molecule has 0 aliphatic rings. The van der Waals surface area contributed by atoms with E-state index in [0.29, 0.717) is 0 Å². The summed E-state index contributed by atoms with van der Waals surface area (Å²) in [6.45, 7) is 0. The van der Waals surface area contributed by atoms with Crippen LogP contribution in [0, 0.1) is 0 Å². The first kappa shape index (κ1) is 31.6. The molecule has 2 heterocycles. The number of hydrogen-bond acceptors (Lipinski definition) is 3. The Morgan fingerprint density at radius 1 is 0.364 bits per heavy atom. The molecule has 0 saturated heterocycles. The van der Waals surface area contributed by atoms with Crippen LogP contribution in [-0.4, -0.2) is 0 Å². The summed E-state index contributed by atoms with van der Waals surface area (Å²) in [5.41, 5.74) is 12.3. The third-order valence-electron chi connectivity index (χ3n) is 10.9. The van der Waals surface area contributed by atoms with Gasteiger partial charge in [0.15, 0.2) is 0 Å². The number of thiophene rings is 1. The van der Waals surface area contributed by atoms with Gasteiger partial charge in [-0.15, -0.1) is 11.3 Å². The minimum absolute atomic E-state index is 0.907. The van der Waals surface area contributed by atoms with E-state index in [0.717, 1.165) is 50.1 Å². The predicted octanol–water partition coefficient (Wildman–Crippen LogP) is 15.6. The number of benzene rings is 9. The average molecular weight is 720 g/mol. The van der Waals surface area contributed by atoms with Gasteiger partial charge in [-0.05, 0) is 93.7 Å². The van der Waals surface area contributed by atoms with Crippen molar-refractivity contribution in [2.24, 2.45) is 0 Å². The third kappa shape index (κ3) is 5.40. The van der Waals surface area contributed by atoms with Crippen molar-refractivity contribution in [1.82, 2.24) is 0 Å². The zero-order chi connectivity index (χ0) is 36.3. The van der Waals surface area contributed by atoms with Gasteiger partial charge in [0, 0.05) is 53.4 Å². The van der Waals surface area contributed by atoms with Gasteiger partial charge >= 0.3 is 0 Å². The van der Waals surface area contributed by atoms with E-state index in [1.165, 1.54) is 53.2 Å². The fraction of sp³-hybridized carbons (Fsp3) is 0. The van der Waals surface area contributed by atoms with Crippen LogP contribution in [0.3, 0.4) is 0 Å². The number of para-hydroxylation sites is 2. The molecular weight excluding hydrogens is 687 g/mol. The van der Waals surface area contributed by atoms with Crippen molar-refractivity contribution in [2.75, 3.05) is 4.90 Å². The van der Waals surface area contributed by atoms with Crippen LogP contribution in [0.5, 0.6) is 0 Å². The number of furan rings is 1. The molecule has 0 spiro atoms. The zero-order valence-electron chi connectivity index (χ0n) is 29.8. The average Bonchev–Trinajstić information content (AvgIpc) is 3.83. The topological polar surface area (TPSA) is 16.4 Å². The molecule has 0 amide bonds. The lowest BCUT2D eigenvalue weighted by molar-refractivity contribution is 0.669. The lowest BCUT2D eigenvalue weighted by atomic mass is 9.98. The van der Waals surface area contributed by atoms with Gasteiger partial charge in [0.2, 0.25) is 0 Å². The van der Waals surface area contributed by atoms with Crippen LogP contribution in [-0.2, 0) is 0 Å². The first-order chi connectivity index (χ1) is 27.2. The van der Waals surface area contributed by atoms with E-state index < -0.39 is 0 Å². The van der Waals surface area contributed by atoms with Gasteiger partial charge in [-0.3, -0.25) is 0 Å². The summed E-state index contributed by atoms with van der Waals surface area (Å²) in [7, 11) is 0. The minimum Gasteiger partial charge on any atom is -0.456 e. The van der Waals surface area contributed by atoms with Gasteiger partial charge in [-0.1, -0.05) is 140 Å². The molecule has 2 nitrogen and oxygen atoms in total. The van der Waals surface area contributed by atoms with Crippen molar-refractivity contribution < 1.29 is 4.42 Å². The number of hydrogen-bond donors (Lipinski definition) is 0. The second kappa shape index (κ2) is 12.9. The first-order valence-corrected chi connectivity index (χ1v) is 19.5. The van der Waals surface area contributed by atoms with Gasteiger partial charge in [-0.25, -0.2) is 0 Å². The van der Waals surface area contributed by atoms with E-state index in [-0.39, 0.29) is 0 Å². The molecule has 0 fully saturated rings. The molecule has 11 aromatic rings. The van der Waals surface area contributed by atoms with Gasteiger partial charge in [0.05, 0.1) is 5.69 Å². The molecule has 2 aromatic heterocycles. The smallest absolute Gasteiger partial charge is 0.135 e. The summed E-state index contributed by atoms with van der Waals surface area (Å²) in [6, 6.07) is 72.4. The summed E-state index contributed by atoms with van der Waals surface area (Å²) >= 11 is 1.87. The van der Waals surface area contributed by atoms with E-state index in [2.05, 4.69) is 193 Å². The molecule has 11 rings (SSSR count). The summed E-state index contributed by atoms with van der Waals surface area (Å²) < 4.78 is 8.75. The Hall–Kier alpha value is -6.94. The summed E-state index contributed by atoms with van der Waals surface area (Å²) in [5, 5.41) is 7.35. The molecule has 0 saturated carbocycles. The molecule has 0 N–H and O–H groups in total. The van der Waals surface area contributed by atoms with Crippen molar-refractivity contribution in [3.63, 3.8) is 0 Å². The highest BCUT2D eigenvalue weighted by atomic mass is 32.1. The highest BCUT2D eigenvalue weighted by Gasteiger charge is 2.20. The Morgan fingerprint density at radius 3 is 1.95 bits per heavy atom. The highest BCUT2D eigenvalue weighted by Crippen LogP contribution is 2.46. The summed E-state index contributed by atoms with van der Waals surface area (Å²) in [4.78, 5) is 2.42. The van der Waals surface area contributed by atoms with E-state index in [1.807, 2.05) is 23.5 Å². The third-order valence-corrected chi connectivity index (χ3v) is 12.1. The molecule has 0 radical (unpaired) electrons. The molecule has 0 aliphatic carbocycles. The quantitative estimate of drug-likeness (QED) is 0.170. The van der Waals surface area contributed by atoms with Crippen LogP contribution in [0.4, 0.5) is 17.1 Å². The SMILES string of the molecule is c1cc(-c2ccc3ccccc3c2)cc(N(c2ccc(-c3ccc4oc5ccccc5c4c3)cc2)c2ccccc2-c2cccc3c2sc2ccccc23)c1. The predicted molar refractivity (Wildman–Crippen MR) is 235 cm³/mol. The molecule has 3 heteroatoms. The van der Waals surface area contributed by atoms with E-state index in [4.69, 9.17) is 4.42 Å².